The van der Waals surface area contributed by atoms with Crippen molar-refractivity contribution in [2.24, 2.45) is 0 Å². The first-order valence-electron chi connectivity index (χ1n) is 2.39. The van der Waals surface area contributed by atoms with Crippen molar-refractivity contribution in [1.82, 2.24) is 5.01 Å². The van der Waals surface area contributed by atoms with Gasteiger partial charge in [-0.25, -0.2) is 10.1 Å². The van der Waals surface area contributed by atoms with E-state index in [-0.39, 0.29) is 12.3 Å². The van der Waals surface area contributed by atoms with E-state index in [0.717, 1.165) is 5.01 Å². The van der Waals surface area contributed by atoms with E-state index in [0.29, 0.717) is 0 Å². The Morgan fingerprint density at radius 3 is 2.33 bits per heavy atom. The number of ketones is 1. The minimum atomic E-state index is -0.624. The molecule has 0 atom stereocenters. The van der Waals surface area contributed by atoms with Gasteiger partial charge in [0.05, 0.1) is 7.05 Å². The van der Waals surface area contributed by atoms with Crippen LogP contribution in [0, 0.1) is 10.1 Å². The first kappa shape index (κ1) is 7.87. The van der Waals surface area contributed by atoms with Gasteiger partial charge in [-0.2, -0.15) is 0 Å². The van der Waals surface area contributed by atoms with Crippen molar-refractivity contribution in [2.75, 3.05) is 13.6 Å². The fourth-order valence-electron chi connectivity index (χ4n) is 0.380. The van der Waals surface area contributed by atoms with Gasteiger partial charge in [-0.3, -0.25) is 4.79 Å². The molecule has 0 bridgehead atoms. The second-order valence-electron chi connectivity index (χ2n) is 1.76. The van der Waals surface area contributed by atoms with Gasteiger partial charge in [0.2, 0.25) is 0 Å². The van der Waals surface area contributed by atoms with Gasteiger partial charge in [0.1, 0.15) is 6.54 Å². The molecule has 0 aliphatic heterocycles. The zero-order valence-electron chi connectivity index (χ0n) is 5.33. The molecule has 0 spiro atoms. The lowest BCUT2D eigenvalue weighted by atomic mass is 10.4. The van der Waals surface area contributed by atoms with E-state index in [9.17, 15) is 14.9 Å². The topological polar surface area (TPSA) is 63.5 Å². The molecule has 9 heavy (non-hydrogen) atoms. The third kappa shape index (κ3) is 3.45. The molecular formula is C4H8N2O3. The third-order valence-corrected chi connectivity index (χ3v) is 0.730. The van der Waals surface area contributed by atoms with Crippen molar-refractivity contribution < 1.29 is 9.83 Å². The average molecular weight is 132 g/mol. The van der Waals surface area contributed by atoms with Crippen molar-refractivity contribution in [3.63, 3.8) is 0 Å². The summed E-state index contributed by atoms with van der Waals surface area (Å²) in [5, 5.41) is 9.93. The Hall–Kier alpha value is -1.13. The lowest BCUT2D eigenvalue weighted by molar-refractivity contribution is -0.646. The molecule has 0 unspecified atom stereocenters. The molecule has 0 saturated heterocycles. The molecule has 0 aromatic carbocycles. The van der Waals surface area contributed by atoms with Crippen molar-refractivity contribution >= 4 is 5.78 Å². The zero-order chi connectivity index (χ0) is 7.44. The van der Waals surface area contributed by atoms with E-state index >= 15 is 0 Å². The molecule has 5 heteroatoms. The van der Waals surface area contributed by atoms with Crippen molar-refractivity contribution in [2.45, 2.75) is 6.92 Å². The summed E-state index contributed by atoms with van der Waals surface area (Å²) in [4.78, 5) is 20.0. The van der Waals surface area contributed by atoms with Crippen molar-refractivity contribution in [3.05, 3.63) is 10.1 Å². The maximum Gasteiger partial charge on any atom is 0.160 e. The minimum absolute atomic E-state index is 0.132. The van der Waals surface area contributed by atoms with E-state index in [1.807, 2.05) is 0 Å². The monoisotopic (exact) mass is 132 g/mol. The molecule has 0 aromatic heterocycles. The van der Waals surface area contributed by atoms with E-state index < -0.39 is 5.03 Å². The summed E-state index contributed by atoms with van der Waals surface area (Å²) in [6, 6.07) is 0. The largest absolute Gasteiger partial charge is 0.298 e. The number of hydrogen-bond donors (Lipinski definition) is 0. The predicted molar refractivity (Wildman–Crippen MR) is 30.3 cm³/mol. The fraction of sp³-hybridized carbons (Fsp3) is 0.750. The molecule has 0 rings (SSSR count). The zero-order valence-corrected chi connectivity index (χ0v) is 5.33. The van der Waals surface area contributed by atoms with Crippen LogP contribution in [0.25, 0.3) is 0 Å². The van der Waals surface area contributed by atoms with Crippen LogP contribution in [0.5, 0.6) is 0 Å². The van der Waals surface area contributed by atoms with E-state index in [4.69, 9.17) is 0 Å². The van der Waals surface area contributed by atoms with Gasteiger partial charge in [-0.15, -0.1) is 5.01 Å². The Kier molecular flexibility index (Phi) is 2.63. The number of nitrogens with zero attached hydrogens (tertiary/aromatic N) is 2. The smallest absolute Gasteiger partial charge is 0.160 e. The lowest BCUT2D eigenvalue weighted by Gasteiger charge is -2.03. The normalized spacial score (nSPS) is 8.67. The Labute approximate surface area is 52.4 Å². The SMILES string of the molecule is CC(=O)CN(C)[N+](=O)[O-]. The fourth-order valence-corrected chi connectivity index (χ4v) is 0.380. The Bertz CT molecular complexity index is 134. The second-order valence-corrected chi connectivity index (χ2v) is 1.76. The maximum atomic E-state index is 10.2. The number of carbonyl (C=O) groups excluding carboxylic acids is 1. The van der Waals surface area contributed by atoms with Gasteiger partial charge >= 0.3 is 0 Å². The molecular weight excluding hydrogens is 124 g/mol. The highest BCUT2D eigenvalue weighted by Crippen LogP contribution is 1.80. The molecule has 52 valence electrons. The molecule has 0 aliphatic carbocycles. The van der Waals surface area contributed by atoms with Gasteiger partial charge in [0.15, 0.2) is 10.8 Å². The molecule has 0 saturated carbocycles. The summed E-state index contributed by atoms with van der Waals surface area (Å²) >= 11 is 0. The number of Topliss-reactive ketones (excluding diaryl/α,β-unsaturated/α-hetero) is 1. The minimum Gasteiger partial charge on any atom is -0.298 e. The molecule has 0 fully saturated rings. The van der Waals surface area contributed by atoms with Crippen LogP contribution in [0.2, 0.25) is 0 Å². The van der Waals surface area contributed by atoms with Crippen LogP contribution >= 0.6 is 0 Å². The van der Waals surface area contributed by atoms with E-state index in [1.165, 1.54) is 14.0 Å². The standard InChI is InChI=1S/C4H8N2O3/c1-4(7)3-5(2)6(8)9/h3H2,1-2H3. The first-order chi connectivity index (χ1) is 4.04. The highest BCUT2D eigenvalue weighted by atomic mass is 16.7. The van der Waals surface area contributed by atoms with Crippen LogP contribution in [-0.4, -0.2) is 29.4 Å². The van der Waals surface area contributed by atoms with Gasteiger partial charge < -0.3 is 0 Å². The van der Waals surface area contributed by atoms with Crippen LogP contribution in [0.1, 0.15) is 6.92 Å². The second kappa shape index (κ2) is 3.01. The van der Waals surface area contributed by atoms with Gasteiger partial charge in [0.25, 0.3) is 0 Å². The maximum absolute atomic E-state index is 10.2. The van der Waals surface area contributed by atoms with Gasteiger partial charge in [0, 0.05) is 0 Å². The van der Waals surface area contributed by atoms with E-state index in [1.54, 1.807) is 0 Å². The Balaban J connectivity index is 3.63. The third-order valence-electron chi connectivity index (χ3n) is 0.730. The summed E-state index contributed by atoms with van der Waals surface area (Å²) in [5.74, 6) is -0.214. The number of likely N-dealkylation sites (N-methyl/N-ethyl adjacent to an activating group) is 1. The summed E-state index contributed by atoms with van der Waals surface area (Å²) in [6.45, 7) is 1.17. The van der Waals surface area contributed by atoms with E-state index in [2.05, 4.69) is 0 Å². The summed E-state index contributed by atoms with van der Waals surface area (Å²) in [7, 11) is 1.25. The average Bonchev–Trinajstić information content (AvgIpc) is 1.63. The Morgan fingerprint density at radius 2 is 2.22 bits per heavy atom. The summed E-state index contributed by atoms with van der Waals surface area (Å²) < 4.78 is 0. The predicted octanol–water partition coefficient (Wildman–Crippen LogP) is -0.301. The molecule has 0 radical (unpaired) electrons. The number of rotatable bonds is 3. The number of nitro groups is 1. The summed E-state index contributed by atoms with van der Waals surface area (Å²) in [5.41, 5.74) is 0. The number of carbonyl (C=O) groups is 1. The van der Waals surface area contributed by atoms with Gasteiger partial charge in [-0.05, 0) is 6.92 Å². The molecule has 5 nitrogen and oxygen atoms in total. The van der Waals surface area contributed by atoms with Crippen LogP contribution in [0.3, 0.4) is 0 Å². The van der Waals surface area contributed by atoms with Crippen LogP contribution in [0.15, 0.2) is 0 Å². The molecule has 0 amide bonds. The van der Waals surface area contributed by atoms with Crippen molar-refractivity contribution in [1.29, 1.82) is 0 Å². The van der Waals surface area contributed by atoms with Crippen LogP contribution < -0.4 is 0 Å². The Morgan fingerprint density at radius 1 is 1.78 bits per heavy atom. The molecule has 0 aromatic rings. The molecule has 0 N–H and O–H groups in total. The highest BCUT2D eigenvalue weighted by Gasteiger charge is 2.07. The molecule has 0 aliphatic rings. The molecule has 0 heterocycles. The number of hydrogen-bond acceptors (Lipinski definition) is 3. The summed E-state index contributed by atoms with van der Waals surface area (Å²) in [6.07, 6.45) is 0. The van der Waals surface area contributed by atoms with Crippen LogP contribution in [0.4, 0.5) is 0 Å². The van der Waals surface area contributed by atoms with Crippen LogP contribution in [-0.2, 0) is 4.79 Å². The first-order valence-corrected chi connectivity index (χ1v) is 2.39. The van der Waals surface area contributed by atoms with Crippen molar-refractivity contribution in [3.8, 4) is 0 Å². The van der Waals surface area contributed by atoms with Gasteiger partial charge in [-0.1, -0.05) is 0 Å². The lowest BCUT2D eigenvalue weighted by Crippen LogP contribution is -2.29. The number of hydrazine groups is 1. The quantitative estimate of drug-likeness (QED) is 0.390. The highest BCUT2D eigenvalue weighted by molar-refractivity contribution is 5.77.